The number of aryl methyl sites for hydroxylation is 1. The molecule has 0 unspecified atom stereocenters. The van der Waals surface area contributed by atoms with Crippen molar-refractivity contribution in [2.75, 3.05) is 5.32 Å². The van der Waals surface area contributed by atoms with Crippen LogP contribution >= 0.6 is 0 Å². The van der Waals surface area contributed by atoms with Gasteiger partial charge in [-0.1, -0.05) is 31.5 Å². The van der Waals surface area contributed by atoms with Crippen molar-refractivity contribution >= 4 is 28.4 Å². The second-order valence-corrected chi connectivity index (χ2v) is 8.63. The number of anilines is 2. The van der Waals surface area contributed by atoms with Crippen LogP contribution in [0.25, 0.3) is 11.0 Å². The summed E-state index contributed by atoms with van der Waals surface area (Å²) in [7, 11) is 0. The highest BCUT2D eigenvalue weighted by Crippen LogP contribution is 2.28. The van der Waals surface area contributed by atoms with Crippen molar-refractivity contribution < 1.29 is 4.79 Å². The van der Waals surface area contributed by atoms with E-state index < -0.39 is 0 Å². The summed E-state index contributed by atoms with van der Waals surface area (Å²) in [6.07, 6.45) is 3.77. The molecule has 5 nitrogen and oxygen atoms in total. The maximum Gasteiger partial charge on any atom is 0.253 e. The number of nitrogens with zero attached hydrogens (tertiary/aromatic N) is 2. The second kappa shape index (κ2) is 8.27. The second-order valence-electron chi connectivity index (χ2n) is 8.63. The molecular formula is C24H32N4O. The van der Waals surface area contributed by atoms with Crippen LogP contribution < -0.4 is 10.6 Å². The third-order valence-corrected chi connectivity index (χ3v) is 5.26. The van der Waals surface area contributed by atoms with Gasteiger partial charge in [0.2, 0.25) is 0 Å². The molecule has 0 saturated heterocycles. The van der Waals surface area contributed by atoms with Gasteiger partial charge in [0, 0.05) is 28.9 Å². The highest BCUT2D eigenvalue weighted by atomic mass is 16.1. The summed E-state index contributed by atoms with van der Waals surface area (Å²) in [4.78, 5) is 17.8. The maximum absolute atomic E-state index is 13.0. The van der Waals surface area contributed by atoms with E-state index in [2.05, 4.69) is 68.9 Å². The van der Waals surface area contributed by atoms with Crippen molar-refractivity contribution in [2.24, 2.45) is 0 Å². The highest BCUT2D eigenvalue weighted by Gasteiger charge is 2.23. The first-order valence-corrected chi connectivity index (χ1v) is 10.4. The van der Waals surface area contributed by atoms with Crippen molar-refractivity contribution in [3.8, 4) is 0 Å². The molecular weight excluding hydrogens is 360 g/mol. The van der Waals surface area contributed by atoms with Crippen LogP contribution in [0.4, 0.5) is 11.5 Å². The molecule has 0 aliphatic rings. The maximum atomic E-state index is 13.0. The molecule has 1 amide bonds. The molecule has 0 aliphatic heterocycles. The van der Waals surface area contributed by atoms with E-state index >= 15 is 0 Å². The molecule has 2 N–H and O–H groups in total. The average Bonchev–Trinajstić information content (AvgIpc) is 3.07. The summed E-state index contributed by atoms with van der Waals surface area (Å²) in [6.45, 7) is 12.6. The zero-order valence-electron chi connectivity index (χ0n) is 18.3. The Labute approximate surface area is 173 Å². The van der Waals surface area contributed by atoms with Crippen molar-refractivity contribution in [1.29, 1.82) is 0 Å². The SMILES string of the molecule is CCC(CC)NC(=O)c1cn(C(C)(C)C)c2nc(Nc3ccc(C)cc3)ccc12. The van der Waals surface area contributed by atoms with Crippen LogP contribution in [0, 0.1) is 6.92 Å². The van der Waals surface area contributed by atoms with E-state index in [1.165, 1.54) is 5.56 Å². The van der Waals surface area contributed by atoms with Gasteiger partial charge in [0.05, 0.1) is 5.56 Å². The van der Waals surface area contributed by atoms with E-state index in [1.54, 1.807) is 0 Å². The zero-order valence-corrected chi connectivity index (χ0v) is 18.3. The zero-order chi connectivity index (χ0) is 21.2. The van der Waals surface area contributed by atoms with E-state index in [1.807, 2.05) is 30.5 Å². The molecule has 0 fully saturated rings. The quantitative estimate of drug-likeness (QED) is 0.560. The lowest BCUT2D eigenvalue weighted by molar-refractivity contribution is 0.0936. The smallest absolute Gasteiger partial charge is 0.253 e. The number of hydrogen-bond donors (Lipinski definition) is 2. The number of carbonyl (C=O) groups excluding carboxylic acids is 1. The van der Waals surface area contributed by atoms with Gasteiger partial charge in [0.25, 0.3) is 5.91 Å². The summed E-state index contributed by atoms with van der Waals surface area (Å²) in [6, 6.07) is 12.3. The Balaban J connectivity index is 2.02. The molecule has 1 aromatic carbocycles. The van der Waals surface area contributed by atoms with Gasteiger partial charge < -0.3 is 15.2 Å². The van der Waals surface area contributed by atoms with Gasteiger partial charge in [-0.25, -0.2) is 4.98 Å². The molecule has 2 heterocycles. The number of rotatable bonds is 6. The predicted molar refractivity (Wildman–Crippen MR) is 121 cm³/mol. The molecule has 0 bridgehead atoms. The number of nitrogens with one attached hydrogen (secondary N) is 2. The summed E-state index contributed by atoms with van der Waals surface area (Å²) >= 11 is 0. The Kier molecular flexibility index (Phi) is 5.96. The van der Waals surface area contributed by atoms with Crippen LogP contribution in [0.3, 0.4) is 0 Å². The lowest BCUT2D eigenvalue weighted by atomic mass is 10.1. The number of benzene rings is 1. The average molecular weight is 393 g/mol. The molecule has 3 rings (SSSR count). The largest absolute Gasteiger partial charge is 0.349 e. The van der Waals surface area contributed by atoms with E-state index in [9.17, 15) is 4.79 Å². The van der Waals surface area contributed by atoms with Gasteiger partial charge in [0.1, 0.15) is 11.5 Å². The summed E-state index contributed by atoms with van der Waals surface area (Å²) in [5.41, 5.74) is 3.50. The normalized spacial score (nSPS) is 11.8. The molecule has 5 heteroatoms. The fourth-order valence-electron chi connectivity index (χ4n) is 3.40. The molecule has 0 aliphatic carbocycles. The van der Waals surface area contributed by atoms with Gasteiger partial charge >= 0.3 is 0 Å². The standard InChI is InChI=1S/C24H32N4O/c1-7-17(8-2)26-23(29)20-15-28(24(4,5)6)22-19(20)13-14-21(27-22)25-18-11-9-16(3)10-12-18/h9-15,17H,7-8H2,1-6H3,(H,25,27)(H,26,29). The van der Waals surface area contributed by atoms with Gasteiger partial charge in [-0.2, -0.15) is 0 Å². The highest BCUT2D eigenvalue weighted by molar-refractivity contribution is 6.06. The number of aromatic nitrogens is 2. The Morgan fingerprint density at radius 3 is 2.31 bits per heavy atom. The summed E-state index contributed by atoms with van der Waals surface area (Å²) in [5, 5.41) is 7.39. The molecule has 2 aromatic heterocycles. The first-order valence-electron chi connectivity index (χ1n) is 10.4. The molecule has 0 radical (unpaired) electrons. The van der Waals surface area contributed by atoms with E-state index in [4.69, 9.17) is 4.98 Å². The third kappa shape index (κ3) is 4.61. The Morgan fingerprint density at radius 2 is 1.72 bits per heavy atom. The van der Waals surface area contributed by atoms with E-state index in [0.717, 1.165) is 35.4 Å². The topological polar surface area (TPSA) is 59.0 Å². The Hall–Kier alpha value is -2.82. The van der Waals surface area contributed by atoms with E-state index in [-0.39, 0.29) is 17.5 Å². The Morgan fingerprint density at radius 1 is 1.07 bits per heavy atom. The molecule has 29 heavy (non-hydrogen) atoms. The number of pyridine rings is 1. The molecule has 0 saturated carbocycles. The van der Waals surface area contributed by atoms with Crippen LogP contribution in [0.2, 0.25) is 0 Å². The van der Waals surface area contributed by atoms with E-state index in [0.29, 0.717) is 5.56 Å². The lowest BCUT2D eigenvalue weighted by Crippen LogP contribution is -2.33. The van der Waals surface area contributed by atoms with Crippen LogP contribution in [0.1, 0.15) is 63.4 Å². The fourth-order valence-corrected chi connectivity index (χ4v) is 3.40. The first-order chi connectivity index (χ1) is 13.7. The fraction of sp³-hybridized carbons (Fsp3) is 0.417. The lowest BCUT2D eigenvalue weighted by Gasteiger charge is -2.22. The minimum Gasteiger partial charge on any atom is -0.349 e. The van der Waals surface area contributed by atoms with Gasteiger partial charge in [0.15, 0.2) is 0 Å². The molecule has 154 valence electrons. The minimum absolute atomic E-state index is 0.0345. The predicted octanol–water partition coefficient (Wildman–Crippen LogP) is 5.76. The minimum atomic E-state index is -0.193. The van der Waals surface area contributed by atoms with Crippen molar-refractivity contribution in [3.63, 3.8) is 0 Å². The molecule has 3 aromatic rings. The van der Waals surface area contributed by atoms with Crippen molar-refractivity contribution in [1.82, 2.24) is 14.9 Å². The number of fused-ring (bicyclic) bond motifs is 1. The molecule has 0 spiro atoms. The number of carbonyl (C=O) groups is 1. The number of hydrogen-bond acceptors (Lipinski definition) is 3. The van der Waals surface area contributed by atoms with Gasteiger partial charge in [-0.15, -0.1) is 0 Å². The number of amides is 1. The summed E-state index contributed by atoms with van der Waals surface area (Å²) < 4.78 is 2.09. The van der Waals surface area contributed by atoms with Crippen LogP contribution in [-0.4, -0.2) is 21.5 Å². The first kappa shape index (κ1) is 20.9. The molecule has 0 atom stereocenters. The van der Waals surface area contributed by atoms with Crippen LogP contribution in [-0.2, 0) is 5.54 Å². The van der Waals surface area contributed by atoms with Gasteiger partial charge in [-0.3, -0.25) is 4.79 Å². The van der Waals surface area contributed by atoms with Crippen molar-refractivity contribution in [2.45, 2.75) is 66.0 Å². The summed E-state index contributed by atoms with van der Waals surface area (Å²) in [5.74, 6) is 0.727. The van der Waals surface area contributed by atoms with Crippen molar-refractivity contribution in [3.05, 3.63) is 53.7 Å². The third-order valence-electron chi connectivity index (χ3n) is 5.26. The Bertz CT molecular complexity index is 992. The monoisotopic (exact) mass is 392 g/mol. The van der Waals surface area contributed by atoms with Crippen LogP contribution in [0.15, 0.2) is 42.6 Å². The van der Waals surface area contributed by atoms with Gasteiger partial charge in [-0.05, 0) is 64.8 Å². The van der Waals surface area contributed by atoms with Crippen LogP contribution in [0.5, 0.6) is 0 Å².